The van der Waals surface area contributed by atoms with E-state index in [4.69, 9.17) is 0 Å². The van der Waals surface area contributed by atoms with E-state index in [1.54, 1.807) is 22.8 Å². The number of rotatable bonds is 4. The molecule has 0 saturated carbocycles. The summed E-state index contributed by atoms with van der Waals surface area (Å²) in [7, 11) is 0. The Bertz CT molecular complexity index is 1200. The second-order valence-corrected chi connectivity index (χ2v) is 7.73. The Hall–Kier alpha value is -3.74. The van der Waals surface area contributed by atoms with E-state index in [2.05, 4.69) is 20.3 Å². The summed E-state index contributed by atoms with van der Waals surface area (Å²) in [6.07, 6.45) is 5.07. The van der Waals surface area contributed by atoms with E-state index in [1.165, 1.54) is 12.1 Å². The van der Waals surface area contributed by atoms with Crippen LogP contribution in [0.3, 0.4) is 0 Å². The van der Waals surface area contributed by atoms with E-state index in [0.29, 0.717) is 0 Å². The fourth-order valence-electron chi connectivity index (χ4n) is 4.03. The standard InChI is InChI=1S/C24H22FN5O/c25-19-8-6-17(7-9-19)21-16-22-23(26-12-15-30(22)28-21)29-13-10-18(11-14-29)24(31)27-20-4-2-1-3-5-20/h1-9,12,15-16,18H,10-11,13-14H2,(H,27,31). The van der Waals surface area contributed by atoms with Crippen molar-refractivity contribution in [3.8, 4) is 11.3 Å². The number of fused-ring (bicyclic) bond motifs is 1. The van der Waals surface area contributed by atoms with Gasteiger partial charge in [0.25, 0.3) is 0 Å². The minimum Gasteiger partial charge on any atom is -0.355 e. The zero-order valence-electron chi connectivity index (χ0n) is 16.9. The van der Waals surface area contributed by atoms with Crippen molar-refractivity contribution in [2.45, 2.75) is 12.8 Å². The number of piperidine rings is 1. The molecule has 1 saturated heterocycles. The topological polar surface area (TPSA) is 62.5 Å². The van der Waals surface area contributed by atoms with Gasteiger partial charge in [-0.15, -0.1) is 0 Å². The summed E-state index contributed by atoms with van der Waals surface area (Å²) >= 11 is 0. The van der Waals surface area contributed by atoms with Crippen LogP contribution in [0.25, 0.3) is 16.8 Å². The molecule has 3 heterocycles. The number of benzene rings is 2. The molecule has 0 radical (unpaired) electrons. The second-order valence-electron chi connectivity index (χ2n) is 7.73. The van der Waals surface area contributed by atoms with Crippen molar-refractivity contribution in [2.24, 2.45) is 5.92 Å². The molecule has 0 aliphatic carbocycles. The molecule has 4 aromatic rings. The van der Waals surface area contributed by atoms with Gasteiger partial charge in [0.2, 0.25) is 5.91 Å². The number of nitrogens with one attached hydrogen (secondary N) is 1. The summed E-state index contributed by atoms with van der Waals surface area (Å²) < 4.78 is 15.1. The van der Waals surface area contributed by atoms with Gasteiger partial charge in [-0.2, -0.15) is 5.10 Å². The summed E-state index contributed by atoms with van der Waals surface area (Å²) in [5, 5.41) is 7.63. The van der Waals surface area contributed by atoms with E-state index in [9.17, 15) is 9.18 Å². The molecule has 2 aromatic carbocycles. The Morgan fingerprint density at radius 2 is 1.77 bits per heavy atom. The average Bonchev–Trinajstić information content (AvgIpc) is 3.25. The molecule has 1 amide bonds. The van der Waals surface area contributed by atoms with Crippen LogP contribution in [0.15, 0.2) is 73.1 Å². The lowest BCUT2D eigenvalue weighted by atomic mass is 9.95. The molecule has 156 valence electrons. The summed E-state index contributed by atoms with van der Waals surface area (Å²) in [5.41, 5.74) is 3.35. The minimum absolute atomic E-state index is 0.0177. The first-order valence-corrected chi connectivity index (χ1v) is 10.4. The molecule has 1 aliphatic heterocycles. The minimum atomic E-state index is -0.269. The molecule has 0 bridgehead atoms. The number of hydrogen-bond acceptors (Lipinski definition) is 4. The van der Waals surface area contributed by atoms with Gasteiger partial charge in [0.05, 0.1) is 5.69 Å². The van der Waals surface area contributed by atoms with Crippen LogP contribution in [0.2, 0.25) is 0 Å². The predicted molar refractivity (Wildman–Crippen MR) is 118 cm³/mol. The molecule has 1 N–H and O–H groups in total. The van der Waals surface area contributed by atoms with Gasteiger partial charge in [-0.3, -0.25) is 4.79 Å². The maximum Gasteiger partial charge on any atom is 0.227 e. The number of hydrogen-bond donors (Lipinski definition) is 1. The zero-order valence-corrected chi connectivity index (χ0v) is 16.9. The number of anilines is 2. The van der Waals surface area contributed by atoms with Crippen LogP contribution in [0.1, 0.15) is 12.8 Å². The van der Waals surface area contributed by atoms with E-state index in [0.717, 1.165) is 54.2 Å². The Labute approximate surface area is 179 Å². The number of halogens is 1. The van der Waals surface area contributed by atoms with Crippen molar-refractivity contribution in [3.63, 3.8) is 0 Å². The second kappa shape index (κ2) is 8.18. The molecule has 0 atom stereocenters. The molecular formula is C24H22FN5O. The third kappa shape index (κ3) is 3.99. The highest BCUT2D eigenvalue weighted by Gasteiger charge is 2.27. The van der Waals surface area contributed by atoms with E-state index in [-0.39, 0.29) is 17.6 Å². The summed E-state index contributed by atoms with van der Waals surface area (Å²) in [4.78, 5) is 19.4. The molecule has 7 heteroatoms. The van der Waals surface area contributed by atoms with E-state index in [1.807, 2.05) is 42.6 Å². The number of para-hydroxylation sites is 1. The van der Waals surface area contributed by atoms with Gasteiger partial charge in [0.15, 0.2) is 5.82 Å². The molecule has 2 aromatic heterocycles. The van der Waals surface area contributed by atoms with Crippen LogP contribution in [-0.2, 0) is 4.79 Å². The van der Waals surface area contributed by atoms with Crippen molar-refractivity contribution in [2.75, 3.05) is 23.3 Å². The van der Waals surface area contributed by atoms with Crippen LogP contribution in [-0.4, -0.2) is 33.6 Å². The Morgan fingerprint density at radius 1 is 1.03 bits per heavy atom. The maximum atomic E-state index is 13.3. The zero-order chi connectivity index (χ0) is 21.2. The summed E-state index contributed by atoms with van der Waals surface area (Å²) in [6, 6.07) is 17.8. The third-order valence-electron chi connectivity index (χ3n) is 5.72. The van der Waals surface area contributed by atoms with Crippen molar-refractivity contribution >= 4 is 22.9 Å². The Balaban J connectivity index is 1.31. The van der Waals surface area contributed by atoms with Crippen molar-refractivity contribution < 1.29 is 9.18 Å². The average molecular weight is 415 g/mol. The highest BCUT2D eigenvalue weighted by molar-refractivity contribution is 5.92. The molecule has 0 spiro atoms. The number of nitrogens with zero attached hydrogens (tertiary/aromatic N) is 4. The van der Waals surface area contributed by atoms with Crippen molar-refractivity contribution in [3.05, 3.63) is 78.9 Å². The highest BCUT2D eigenvalue weighted by Crippen LogP contribution is 2.28. The molecule has 1 fully saturated rings. The number of carbonyl (C=O) groups excluding carboxylic acids is 1. The smallest absolute Gasteiger partial charge is 0.227 e. The van der Waals surface area contributed by atoms with Gasteiger partial charge in [-0.1, -0.05) is 18.2 Å². The molecule has 31 heavy (non-hydrogen) atoms. The first kappa shape index (κ1) is 19.2. The van der Waals surface area contributed by atoms with Crippen LogP contribution in [0, 0.1) is 11.7 Å². The SMILES string of the molecule is O=C(Nc1ccccc1)C1CCN(c2nccn3nc(-c4ccc(F)cc4)cc23)CC1. The van der Waals surface area contributed by atoms with Gasteiger partial charge in [0.1, 0.15) is 11.3 Å². The summed E-state index contributed by atoms with van der Waals surface area (Å²) in [6.45, 7) is 1.49. The van der Waals surface area contributed by atoms with Gasteiger partial charge in [-0.05, 0) is 55.3 Å². The number of amides is 1. The molecular weight excluding hydrogens is 393 g/mol. The maximum absolute atomic E-state index is 13.3. The lowest BCUT2D eigenvalue weighted by Gasteiger charge is -2.32. The van der Waals surface area contributed by atoms with Crippen LogP contribution < -0.4 is 10.2 Å². The van der Waals surface area contributed by atoms with Crippen molar-refractivity contribution in [1.29, 1.82) is 0 Å². The van der Waals surface area contributed by atoms with Gasteiger partial charge >= 0.3 is 0 Å². The lowest BCUT2D eigenvalue weighted by molar-refractivity contribution is -0.120. The largest absolute Gasteiger partial charge is 0.355 e. The quantitative estimate of drug-likeness (QED) is 0.537. The van der Waals surface area contributed by atoms with Gasteiger partial charge in [0, 0.05) is 42.7 Å². The van der Waals surface area contributed by atoms with E-state index < -0.39 is 0 Å². The normalized spacial score (nSPS) is 14.7. The van der Waals surface area contributed by atoms with Crippen LogP contribution >= 0.6 is 0 Å². The Kier molecular flexibility index (Phi) is 5.08. The van der Waals surface area contributed by atoms with E-state index >= 15 is 0 Å². The fourth-order valence-corrected chi connectivity index (χ4v) is 4.03. The van der Waals surface area contributed by atoms with Gasteiger partial charge in [-0.25, -0.2) is 13.9 Å². The Morgan fingerprint density at radius 3 is 2.52 bits per heavy atom. The number of carbonyl (C=O) groups is 1. The fraction of sp³-hybridized carbons (Fsp3) is 0.208. The lowest BCUT2D eigenvalue weighted by Crippen LogP contribution is -2.38. The summed E-state index contributed by atoms with van der Waals surface area (Å²) in [5.74, 6) is 0.634. The molecule has 5 rings (SSSR count). The van der Waals surface area contributed by atoms with Gasteiger partial charge < -0.3 is 10.2 Å². The number of aromatic nitrogens is 3. The third-order valence-corrected chi connectivity index (χ3v) is 5.72. The first-order valence-electron chi connectivity index (χ1n) is 10.4. The van der Waals surface area contributed by atoms with Crippen molar-refractivity contribution in [1.82, 2.24) is 14.6 Å². The first-order chi connectivity index (χ1) is 15.2. The molecule has 0 unspecified atom stereocenters. The highest BCUT2D eigenvalue weighted by atomic mass is 19.1. The molecule has 1 aliphatic rings. The van der Waals surface area contributed by atoms with Crippen LogP contribution in [0.5, 0.6) is 0 Å². The molecule has 6 nitrogen and oxygen atoms in total. The predicted octanol–water partition coefficient (Wildman–Crippen LogP) is 4.39. The van der Waals surface area contributed by atoms with Crippen LogP contribution in [0.4, 0.5) is 15.9 Å². The monoisotopic (exact) mass is 415 g/mol.